The van der Waals surface area contributed by atoms with Crippen molar-refractivity contribution in [1.29, 1.82) is 0 Å². The van der Waals surface area contributed by atoms with Crippen LogP contribution in [0.5, 0.6) is 0 Å². The van der Waals surface area contributed by atoms with Gasteiger partial charge >= 0.3 is 5.97 Å². The number of aromatic amines is 1. The third-order valence-corrected chi connectivity index (χ3v) is 4.50. The zero-order chi connectivity index (χ0) is 20.3. The predicted molar refractivity (Wildman–Crippen MR) is 108 cm³/mol. The van der Waals surface area contributed by atoms with Crippen LogP contribution in [0.3, 0.4) is 0 Å². The monoisotopic (exact) mass is 397 g/mol. The molecule has 2 N–H and O–H groups in total. The Kier molecular flexibility index (Phi) is 5.80. The van der Waals surface area contributed by atoms with Crippen LogP contribution in [0.4, 0.5) is 5.69 Å². The number of rotatable bonds is 5. The second-order valence-corrected chi connectivity index (χ2v) is 6.86. The van der Waals surface area contributed by atoms with Crippen LogP contribution >= 0.6 is 11.6 Å². The van der Waals surface area contributed by atoms with E-state index >= 15 is 0 Å². The van der Waals surface area contributed by atoms with Crippen LogP contribution in [0.2, 0.25) is 5.02 Å². The van der Waals surface area contributed by atoms with E-state index in [1.54, 1.807) is 48.5 Å². The van der Waals surface area contributed by atoms with E-state index in [0.717, 1.165) is 22.8 Å². The number of ether oxygens (including phenoxy) is 1. The molecule has 3 aromatic rings. The molecular weight excluding hydrogens is 378 g/mol. The van der Waals surface area contributed by atoms with Gasteiger partial charge < -0.3 is 15.0 Å². The highest BCUT2D eigenvalue weighted by Gasteiger charge is 2.19. The van der Waals surface area contributed by atoms with E-state index in [0.29, 0.717) is 16.3 Å². The SMILES string of the molecule is Cc1nc(-c2ccc(C(=O)OC(C)C(=O)Nc3cccc(Cl)c3)cc2)[nH]c1C. The van der Waals surface area contributed by atoms with Crippen molar-refractivity contribution in [3.8, 4) is 11.4 Å². The first-order valence-corrected chi connectivity index (χ1v) is 9.12. The maximum atomic E-state index is 12.3. The number of anilines is 1. The molecule has 0 aliphatic carbocycles. The standard InChI is InChI=1S/C21H20ClN3O3/c1-12-13(2)24-19(23-12)15-7-9-16(10-8-15)21(27)28-14(3)20(26)25-18-6-4-5-17(22)11-18/h4-11,14H,1-3H3,(H,23,24)(H,25,26). The minimum Gasteiger partial charge on any atom is -0.449 e. The number of benzene rings is 2. The molecule has 0 bridgehead atoms. The number of nitrogens with one attached hydrogen (secondary N) is 2. The maximum Gasteiger partial charge on any atom is 0.338 e. The van der Waals surface area contributed by atoms with E-state index in [4.69, 9.17) is 16.3 Å². The molecule has 144 valence electrons. The highest BCUT2D eigenvalue weighted by Crippen LogP contribution is 2.19. The number of carbonyl (C=O) groups is 2. The molecule has 7 heteroatoms. The molecule has 0 aliphatic rings. The van der Waals surface area contributed by atoms with Crippen molar-refractivity contribution in [2.75, 3.05) is 5.32 Å². The van der Waals surface area contributed by atoms with E-state index in [-0.39, 0.29) is 0 Å². The maximum absolute atomic E-state index is 12.3. The Morgan fingerprint density at radius 1 is 1.14 bits per heavy atom. The van der Waals surface area contributed by atoms with Gasteiger partial charge in [-0.25, -0.2) is 9.78 Å². The molecule has 1 atom stereocenters. The molecule has 1 heterocycles. The summed E-state index contributed by atoms with van der Waals surface area (Å²) < 4.78 is 5.26. The molecule has 28 heavy (non-hydrogen) atoms. The minimum atomic E-state index is -0.957. The van der Waals surface area contributed by atoms with Gasteiger partial charge in [-0.05, 0) is 51.1 Å². The first-order chi connectivity index (χ1) is 13.3. The Labute approximate surface area is 167 Å². The van der Waals surface area contributed by atoms with Crippen LogP contribution in [-0.2, 0) is 9.53 Å². The van der Waals surface area contributed by atoms with Crippen molar-refractivity contribution in [3.63, 3.8) is 0 Å². The molecular formula is C21H20ClN3O3. The fraction of sp³-hybridized carbons (Fsp3) is 0.190. The van der Waals surface area contributed by atoms with Gasteiger partial charge in [0.05, 0.1) is 11.3 Å². The molecule has 0 fully saturated rings. The molecule has 0 radical (unpaired) electrons. The second-order valence-electron chi connectivity index (χ2n) is 6.42. The van der Waals surface area contributed by atoms with Gasteiger partial charge in [-0.15, -0.1) is 0 Å². The summed E-state index contributed by atoms with van der Waals surface area (Å²) in [4.78, 5) is 32.2. The molecule has 0 saturated heterocycles. The number of nitrogens with zero attached hydrogens (tertiary/aromatic N) is 1. The van der Waals surface area contributed by atoms with Gasteiger partial charge in [0.15, 0.2) is 6.10 Å². The van der Waals surface area contributed by atoms with Gasteiger partial charge in [-0.2, -0.15) is 0 Å². The van der Waals surface area contributed by atoms with Crippen molar-refractivity contribution < 1.29 is 14.3 Å². The lowest BCUT2D eigenvalue weighted by molar-refractivity contribution is -0.123. The van der Waals surface area contributed by atoms with Crippen LogP contribution in [0.1, 0.15) is 28.7 Å². The van der Waals surface area contributed by atoms with E-state index in [9.17, 15) is 9.59 Å². The van der Waals surface area contributed by atoms with Crippen LogP contribution < -0.4 is 5.32 Å². The Morgan fingerprint density at radius 3 is 2.46 bits per heavy atom. The Balaban J connectivity index is 1.62. The van der Waals surface area contributed by atoms with Gasteiger partial charge in [0.25, 0.3) is 5.91 Å². The van der Waals surface area contributed by atoms with Gasteiger partial charge in [-0.1, -0.05) is 29.8 Å². The first-order valence-electron chi connectivity index (χ1n) is 8.74. The summed E-state index contributed by atoms with van der Waals surface area (Å²) in [6.07, 6.45) is -0.957. The largest absolute Gasteiger partial charge is 0.449 e. The minimum absolute atomic E-state index is 0.353. The lowest BCUT2D eigenvalue weighted by Crippen LogP contribution is -2.30. The Hall–Kier alpha value is -3.12. The van der Waals surface area contributed by atoms with Crippen LogP contribution in [0, 0.1) is 13.8 Å². The lowest BCUT2D eigenvalue weighted by atomic mass is 10.1. The van der Waals surface area contributed by atoms with Gasteiger partial charge in [0.2, 0.25) is 0 Å². The van der Waals surface area contributed by atoms with Gasteiger partial charge in [0.1, 0.15) is 5.82 Å². The molecule has 1 aromatic heterocycles. The Bertz CT molecular complexity index is 992. The molecule has 1 amide bonds. The number of hydrogen-bond acceptors (Lipinski definition) is 4. The molecule has 0 spiro atoms. The highest BCUT2D eigenvalue weighted by atomic mass is 35.5. The molecule has 0 saturated carbocycles. The predicted octanol–water partition coefficient (Wildman–Crippen LogP) is 4.53. The van der Waals surface area contributed by atoms with Crippen LogP contribution in [-0.4, -0.2) is 27.9 Å². The summed E-state index contributed by atoms with van der Waals surface area (Å²) >= 11 is 5.90. The summed E-state index contributed by atoms with van der Waals surface area (Å²) in [5.41, 5.74) is 3.68. The lowest BCUT2D eigenvalue weighted by Gasteiger charge is -2.14. The average Bonchev–Trinajstić information content (AvgIpc) is 3.00. The molecule has 6 nitrogen and oxygen atoms in total. The normalized spacial score (nSPS) is 11.7. The molecule has 1 unspecified atom stereocenters. The first kappa shape index (κ1) is 19.6. The number of carbonyl (C=O) groups excluding carboxylic acids is 2. The number of aryl methyl sites for hydroxylation is 2. The van der Waals surface area contributed by atoms with Crippen molar-refractivity contribution in [2.24, 2.45) is 0 Å². The fourth-order valence-corrected chi connectivity index (χ4v) is 2.73. The number of esters is 1. The summed E-state index contributed by atoms with van der Waals surface area (Å²) in [5, 5.41) is 3.17. The fourth-order valence-electron chi connectivity index (χ4n) is 2.54. The Morgan fingerprint density at radius 2 is 1.86 bits per heavy atom. The summed E-state index contributed by atoms with van der Waals surface area (Å²) in [5.74, 6) is -0.273. The van der Waals surface area contributed by atoms with Crippen molar-refractivity contribution in [3.05, 3.63) is 70.5 Å². The third kappa shape index (κ3) is 4.58. The van der Waals surface area contributed by atoms with E-state index in [1.807, 2.05) is 13.8 Å². The number of halogens is 1. The van der Waals surface area contributed by atoms with Gasteiger partial charge in [0, 0.05) is 22.0 Å². The van der Waals surface area contributed by atoms with Crippen molar-refractivity contribution >= 4 is 29.2 Å². The number of aromatic nitrogens is 2. The summed E-state index contributed by atoms with van der Waals surface area (Å²) in [7, 11) is 0. The topological polar surface area (TPSA) is 84.1 Å². The molecule has 3 rings (SSSR count). The number of amides is 1. The second kappa shape index (κ2) is 8.27. The summed E-state index contributed by atoms with van der Waals surface area (Å²) in [6.45, 7) is 5.39. The number of hydrogen-bond donors (Lipinski definition) is 2. The van der Waals surface area contributed by atoms with Crippen LogP contribution in [0.25, 0.3) is 11.4 Å². The zero-order valence-corrected chi connectivity index (χ0v) is 16.5. The van der Waals surface area contributed by atoms with Crippen molar-refractivity contribution in [1.82, 2.24) is 9.97 Å². The number of imidazole rings is 1. The van der Waals surface area contributed by atoms with Crippen LogP contribution in [0.15, 0.2) is 48.5 Å². The third-order valence-electron chi connectivity index (χ3n) is 4.27. The average molecular weight is 398 g/mol. The van der Waals surface area contributed by atoms with E-state index in [1.165, 1.54) is 6.92 Å². The molecule has 2 aromatic carbocycles. The van der Waals surface area contributed by atoms with E-state index < -0.39 is 18.0 Å². The summed E-state index contributed by atoms with van der Waals surface area (Å²) in [6, 6.07) is 13.6. The van der Waals surface area contributed by atoms with Gasteiger partial charge in [-0.3, -0.25) is 4.79 Å². The van der Waals surface area contributed by atoms with E-state index in [2.05, 4.69) is 15.3 Å². The van der Waals surface area contributed by atoms with Crippen molar-refractivity contribution in [2.45, 2.75) is 26.9 Å². The smallest absolute Gasteiger partial charge is 0.338 e. The zero-order valence-electron chi connectivity index (χ0n) is 15.7. The number of H-pyrrole nitrogens is 1. The highest BCUT2D eigenvalue weighted by molar-refractivity contribution is 6.30. The quantitative estimate of drug-likeness (QED) is 0.619. The molecule has 0 aliphatic heterocycles.